The van der Waals surface area contributed by atoms with Crippen LogP contribution in [0.5, 0.6) is 0 Å². The molecule has 0 radical (unpaired) electrons. The number of carbonyl (C=O) groups excluding carboxylic acids is 1. The van der Waals surface area contributed by atoms with Gasteiger partial charge in [0, 0.05) is 30.3 Å². The van der Waals surface area contributed by atoms with Gasteiger partial charge >= 0.3 is 0 Å². The van der Waals surface area contributed by atoms with Gasteiger partial charge in [0.1, 0.15) is 0 Å². The summed E-state index contributed by atoms with van der Waals surface area (Å²) in [6.45, 7) is 2.85. The van der Waals surface area contributed by atoms with Gasteiger partial charge in [-0.15, -0.1) is 0 Å². The van der Waals surface area contributed by atoms with Gasteiger partial charge in [-0.25, -0.2) is 18.1 Å². The lowest BCUT2D eigenvalue weighted by Crippen LogP contribution is -2.32. The van der Waals surface area contributed by atoms with Crippen molar-refractivity contribution in [2.45, 2.75) is 24.8 Å². The Labute approximate surface area is 216 Å². The highest BCUT2D eigenvalue weighted by molar-refractivity contribution is 7.89. The van der Waals surface area contributed by atoms with Crippen molar-refractivity contribution in [2.75, 3.05) is 5.32 Å². The maximum absolute atomic E-state index is 13.3. The molecule has 38 heavy (non-hydrogen) atoms. The molecule has 0 bridgehead atoms. The summed E-state index contributed by atoms with van der Waals surface area (Å²) in [6.07, 6.45) is 1.26. The van der Waals surface area contributed by atoms with Crippen molar-refractivity contribution in [2.24, 2.45) is 5.10 Å². The first-order chi connectivity index (χ1) is 18.0. The molecule has 1 aromatic heterocycles. The molecule has 13 heteroatoms. The molecule has 1 atom stereocenters. The number of anilines is 1. The molecule has 0 aliphatic carbocycles. The number of nitrogens with zero attached hydrogens (tertiary/aromatic N) is 4. The van der Waals surface area contributed by atoms with E-state index in [0.29, 0.717) is 16.8 Å². The predicted octanol–water partition coefficient (Wildman–Crippen LogP) is 3.18. The molecule has 0 aliphatic rings. The number of carbonyl (C=O) groups is 1. The van der Waals surface area contributed by atoms with Crippen LogP contribution in [0.4, 0.5) is 11.4 Å². The Morgan fingerprint density at radius 1 is 1.11 bits per heavy atom. The summed E-state index contributed by atoms with van der Waals surface area (Å²) < 4.78 is 29.6. The Morgan fingerprint density at radius 2 is 1.82 bits per heavy atom. The largest absolute Gasteiger partial charge is 0.326 e. The third-order valence-corrected chi connectivity index (χ3v) is 6.94. The number of sulfonamides is 1. The number of para-hydroxylation sites is 1. The first-order valence-corrected chi connectivity index (χ1v) is 12.7. The predicted molar refractivity (Wildman–Crippen MR) is 142 cm³/mol. The number of fused-ring (bicyclic) bond motifs is 1. The average Bonchev–Trinajstić information content (AvgIpc) is 2.88. The van der Waals surface area contributed by atoms with E-state index in [0.717, 1.165) is 4.68 Å². The van der Waals surface area contributed by atoms with Crippen LogP contribution >= 0.6 is 0 Å². The number of aromatic nitrogens is 2. The number of nitro groups is 1. The summed E-state index contributed by atoms with van der Waals surface area (Å²) >= 11 is 0. The van der Waals surface area contributed by atoms with E-state index in [9.17, 15) is 28.1 Å². The molecule has 4 aromatic rings. The molecule has 0 spiro atoms. The van der Waals surface area contributed by atoms with E-state index in [1.54, 1.807) is 30.3 Å². The molecule has 1 amide bonds. The summed E-state index contributed by atoms with van der Waals surface area (Å²) in [4.78, 5) is 39.5. The lowest BCUT2D eigenvalue weighted by Gasteiger charge is -2.17. The number of nitro benzene ring substituents is 1. The molecule has 2 N–H and O–H groups in total. The zero-order chi connectivity index (χ0) is 27.4. The Morgan fingerprint density at radius 3 is 2.50 bits per heavy atom. The maximum Gasteiger partial charge on any atom is 0.282 e. The average molecular weight is 535 g/mol. The number of non-ortho nitro benzene ring substituents is 1. The third-order valence-electron chi connectivity index (χ3n) is 5.39. The van der Waals surface area contributed by atoms with Crippen LogP contribution in [0.3, 0.4) is 0 Å². The van der Waals surface area contributed by atoms with Crippen molar-refractivity contribution >= 4 is 44.4 Å². The van der Waals surface area contributed by atoms with Crippen LogP contribution in [0.2, 0.25) is 0 Å². The molecule has 0 fully saturated rings. The van der Waals surface area contributed by atoms with Gasteiger partial charge in [0.2, 0.25) is 15.9 Å². The fraction of sp³-hybridized carbons (Fsp3) is 0.120. The highest BCUT2D eigenvalue weighted by Crippen LogP contribution is 2.19. The summed E-state index contributed by atoms with van der Waals surface area (Å²) in [5.41, 5.74) is 0.449. The van der Waals surface area contributed by atoms with Crippen molar-refractivity contribution in [1.82, 2.24) is 14.4 Å². The van der Waals surface area contributed by atoms with Crippen LogP contribution in [-0.4, -0.2) is 35.1 Å². The van der Waals surface area contributed by atoms with Crippen LogP contribution in [-0.2, 0) is 14.8 Å². The Balaban J connectivity index is 1.73. The van der Waals surface area contributed by atoms with Crippen LogP contribution in [0.25, 0.3) is 10.9 Å². The number of nitrogens with one attached hydrogen (secondary N) is 2. The van der Waals surface area contributed by atoms with Crippen LogP contribution in [0.15, 0.2) is 87.6 Å². The Kier molecular flexibility index (Phi) is 7.41. The molecule has 1 unspecified atom stereocenters. The minimum absolute atomic E-state index is 0.00817. The van der Waals surface area contributed by atoms with Gasteiger partial charge in [-0.1, -0.05) is 24.3 Å². The molecule has 1 heterocycles. The van der Waals surface area contributed by atoms with Crippen molar-refractivity contribution in [3.05, 3.63) is 105 Å². The SMILES string of the molecule is CC(=O)Nc1ccc(S(=O)(=O)NC(C)c2nc3ccccc3c(=O)n2/N=C/c2cccc([N+](=O)[O-])c2)cc1. The minimum atomic E-state index is -4.06. The molecular formula is C25H22N6O6S. The highest BCUT2D eigenvalue weighted by atomic mass is 32.2. The van der Waals surface area contributed by atoms with E-state index in [2.05, 4.69) is 20.1 Å². The van der Waals surface area contributed by atoms with Gasteiger partial charge in [-0.05, 0) is 43.3 Å². The van der Waals surface area contributed by atoms with Gasteiger partial charge in [0.25, 0.3) is 11.2 Å². The number of amides is 1. The van der Waals surface area contributed by atoms with E-state index >= 15 is 0 Å². The fourth-order valence-electron chi connectivity index (χ4n) is 3.65. The topological polar surface area (TPSA) is 166 Å². The quantitative estimate of drug-likeness (QED) is 0.199. The fourth-order valence-corrected chi connectivity index (χ4v) is 4.85. The molecule has 0 saturated carbocycles. The van der Waals surface area contributed by atoms with E-state index < -0.39 is 26.5 Å². The van der Waals surface area contributed by atoms with Gasteiger partial charge in [-0.3, -0.25) is 19.7 Å². The molecular weight excluding hydrogens is 512 g/mol. The lowest BCUT2D eigenvalue weighted by molar-refractivity contribution is -0.384. The zero-order valence-electron chi connectivity index (χ0n) is 20.2. The van der Waals surface area contributed by atoms with Crippen LogP contribution < -0.4 is 15.6 Å². The van der Waals surface area contributed by atoms with Crippen LogP contribution in [0.1, 0.15) is 31.3 Å². The molecule has 194 valence electrons. The summed E-state index contributed by atoms with van der Waals surface area (Å²) in [6, 6.07) is 16.8. The number of hydrogen-bond donors (Lipinski definition) is 2. The molecule has 3 aromatic carbocycles. The molecule has 12 nitrogen and oxygen atoms in total. The smallest absolute Gasteiger partial charge is 0.282 e. The highest BCUT2D eigenvalue weighted by Gasteiger charge is 2.23. The standard InChI is InChI=1S/C25H22N6O6S/c1-16(29-38(36,37)21-12-10-19(11-13-21)27-17(2)32)24-28-23-9-4-3-8-22(23)25(33)30(24)26-15-18-6-5-7-20(14-18)31(34)35/h3-16,29H,1-2H3,(H,27,32)/b26-15+. The molecule has 0 saturated heterocycles. The van der Waals surface area contributed by atoms with Gasteiger partial charge in [-0.2, -0.15) is 9.78 Å². The Hall–Kier alpha value is -4.75. The van der Waals surface area contributed by atoms with Gasteiger partial charge in [0.15, 0.2) is 5.82 Å². The summed E-state index contributed by atoms with van der Waals surface area (Å²) in [5.74, 6) is -0.285. The van der Waals surface area contributed by atoms with Crippen molar-refractivity contribution in [3.63, 3.8) is 0 Å². The van der Waals surface area contributed by atoms with Gasteiger partial charge in [0.05, 0.1) is 33.0 Å². The Bertz CT molecular complexity index is 1730. The summed E-state index contributed by atoms with van der Waals surface area (Å²) in [7, 11) is -4.06. The number of benzene rings is 3. The second-order valence-electron chi connectivity index (χ2n) is 8.25. The van der Waals surface area contributed by atoms with E-state index in [1.807, 2.05) is 0 Å². The first kappa shape index (κ1) is 26.3. The van der Waals surface area contributed by atoms with Crippen molar-refractivity contribution in [1.29, 1.82) is 0 Å². The minimum Gasteiger partial charge on any atom is -0.326 e. The van der Waals surface area contributed by atoms with E-state index in [1.165, 1.54) is 62.5 Å². The van der Waals surface area contributed by atoms with Gasteiger partial charge < -0.3 is 5.32 Å². The van der Waals surface area contributed by atoms with Crippen LogP contribution in [0, 0.1) is 10.1 Å². The number of hydrogen-bond acceptors (Lipinski definition) is 8. The lowest BCUT2D eigenvalue weighted by atomic mass is 10.2. The maximum atomic E-state index is 13.3. The third kappa shape index (κ3) is 5.79. The first-order valence-electron chi connectivity index (χ1n) is 11.3. The number of rotatable bonds is 8. The second kappa shape index (κ2) is 10.7. The van der Waals surface area contributed by atoms with E-state index in [-0.39, 0.29) is 27.7 Å². The zero-order valence-corrected chi connectivity index (χ0v) is 21.0. The second-order valence-corrected chi connectivity index (χ2v) is 9.96. The van der Waals surface area contributed by atoms with Crippen molar-refractivity contribution in [3.8, 4) is 0 Å². The molecule has 0 aliphatic heterocycles. The monoisotopic (exact) mass is 534 g/mol. The summed E-state index contributed by atoms with van der Waals surface area (Å²) in [5, 5.41) is 18.1. The van der Waals surface area contributed by atoms with Crippen molar-refractivity contribution < 1.29 is 18.1 Å². The van der Waals surface area contributed by atoms with E-state index in [4.69, 9.17) is 0 Å². The molecule has 4 rings (SSSR count). The normalized spacial score (nSPS) is 12.5.